The van der Waals surface area contributed by atoms with Gasteiger partial charge in [-0.05, 0) is 115 Å². The lowest BCUT2D eigenvalue weighted by Gasteiger charge is -2.21. The van der Waals surface area contributed by atoms with Crippen molar-refractivity contribution in [1.29, 1.82) is 0 Å². The first-order valence-electron chi connectivity index (χ1n) is 11.7. The van der Waals surface area contributed by atoms with Crippen LogP contribution in [-0.2, 0) is 21.0 Å². The summed E-state index contributed by atoms with van der Waals surface area (Å²) in [6, 6.07) is 25.8. The van der Waals surface area contributed by atoms with Crippen molar-refractivity contribution in [2.45, 2.75) is 79.9 Å². The van der Waals surface area contributed by atoms with Crippen LogP contribution in [-0.4, -0.2) is 29.7 Å². The van der Waals surface area contributed by atoms with Crippen molar-refractivity contribution in [3.05, 3.63) is 78.4 Å². The molecular weight excluding hydrogens is 537 g/mol. The van der Waals surface area contributed by atoms with Crippen LogP contribution in [0, 0.1) is 6.92 Å². The lowest BCUT2D eigenvalue weighted by molar-refractivity contribution is -0.0510. The van der Waals surface area contributed by atoms with Crippen LogP contribution >= 0.6 is 0 Å². The number of hydrogen-bond donors (Lipinski definition) is 1. The van der Waals surface area contributed by atoms with Crippen LogP contribution in [0.3, 0.4) is 0 Å². The summed E-state index contributed by atoms with van der Waals surface area (Å²) in [4.78, 5) is 3.85. The molecule has 0 aliphatic rings. The highest BCUT2D eigenvalue weighted by atomic mass is 32.2. The van der Waals surface area contributed by atoms with Crippen LogP contribution in [0.4, 0.5) is 13.2 Å². The van der Waals surface area contributed by atoms with Crippen molar-refractivity contribution in [2.75, 3.05) is 0 Å². The van der Waals surface area contributed by atoms with E-state index in [1.165, 1.54) is 20.2 Å². The molecule has 0 saturated carbocycles. The molecule has 3 aromatic carbocycles. The molecule has 3 rings (SSSR count). The van der Waals surface area contributed by atoms with Crippen molar-refractivity contribution in [2.24, 2.45) is 0 Å². The van der Waals surface area contributed by atoms with Gasteiger partial charge in [-0.2, -0.15) is 21.6 Å². The van der Waals surface area contributed by atoms with E-state index in [-0.39, 0.29) is 22.1 Å². The van der Waals surface area contributed by atoms with Gasteiger partial charge >= 0.3 is 15.6 Å². The van der Waals surface area contributed by atoms with E-state index in [1.807, 2.05) is 0 Å². The summed E-state index contributed by atoms with van der Waals surface area (Å²) in [6.45, 7) is 14.6. The summed E-state index contributed by atoms with van der Waals surface area (Å²) >= 11 is 0. The highest BCUT2D eigenvalue weighted by molar-refractivity contribution is 7.97. The molecular formula is C28H34F3O5S2+. The topological polar surface area (TPSA) is 72.8 Å². The molecule has 0 fully saturated rings. The van der Waals surface area contributed by atoms with Gasteiger partial charge in [-0.1, -0.05) is 12.1 Å². The van der Waals surface area contributed by atoms with Crippen molar-refractivity contribution in [3.8, 4) is 11.5 Å². The van der Waals surface area contributed by atoms with E-state index in [0.717, 1.165) is 11.5 Å². The van der Waals surface area contributed by atoms with E-state index in [1.54, 1.807) is 0 Å². The first-order valence-corrected chi connectivity index (χ1v) is 14.3. The number of alkyl halides is 3. The molecule has 38 heavy (non-hydrogen) atoms. The monoisotopic (exact) mass is 571 g/mol. The molecule has 1 N–H and O–H groups in total. The quantitative estimate of drug-likeness (QED) is 0.192. The van der Waals surface area contributed by atoms with Crippen molar-refractivity contribution in [3.63, 3.8) is 0 Å². The second-order valence-corrected chi connectivity index (χ2v) is 13.9. The zero-order valence-corrected chi connectivity index (χ0v) is 24.1. The third kappa shape index (κ3) is 10.2. The van der Waals surface area contributed by atoms with Gasteiger partial charge in [-0.25, -0.2) is 0 Å². The average molecular weight is 572 g/mol. The highest BCUT2D eigenvalue weighted by Crippen LogP contribution is 2.34. The second-order valence-electron chi connectivity index (χ2n) is 10.4. The van der Waals surface area contributed by atoms with Crippen LogP contribution < -0.4 is 9.47 Å². The maximum absolute atomic E-state index is 10.7. The third-order valence-electron chi connectivity index (χ3n) is 4.48. The number of aryl methyl sites for hydroxylation is 1. The Hall–Kier alpha value is -2.69. The van der Waals surface area contributed by atoms with E-state index >= 15 is 0 Å². The van der Waals surface area contributed by atoms with Gasteiger partial charge in [0.25, 0.3) is 0 Å². The summed E-state index contributed by atoms with van der Waals surface area (Å²) < 4.78 is 69.6. The molecule has 0 aliphatic heterocycles. The Labute approximate surface area is 226 Å². The standard InChI is InChI=1S/C27H33O2S.CHF3O3S/c1-20-9-8-10-25(19-20)30(23-15-11-21(12-16-23)28-26(2,3)4)24-17-13-22(14-18-24)29-27(5,6)7;2-1(3,4)8(5,6)7/h8-19H,1-7H3;(H,5,6,7)/q+1;. The highest BCUT2D eigenvalue weighted by Gasteiger charge is 2.44. The fourth-order valence-electron chi connectivity index (χ4n) is 3.15. The summed E-state index contributed by atoms with van der Waals surface area (Å²) in [5.41, 5.74) is -4.68. The van der Waals surface area contributed by atoms with Gasteiger partial charge in [0.2, 0.25) is 0 Å². The van der Waals surface area contributed by atoms with Gasteiger partial charge in [-0.3, -0.25) is 4.55 Å². The number of ether oxygens (including phenoxy) is 2. The van der Waals surface area contributed by atoms with Crippen LogP contribution in [0.25, 0.3) is 0 Å². The third-order valence-corrected chi connectivity index (χ3v) is 7.28. The Morgan fingerprint density at radius 1 is 0.684 bits per heavy atom. The molecule has 10 heteroatoms. The molecule has 0 spiro atoms. The molecule has 0 radical (unpaired) electrons. The smallest absolute Gasteiger partial charge is 0.488 e. The summed E-state index contributed by atoms with van der Waals surface area (Å²) in [5, 5.41) is 0. The van der Waals surface area contributed by atoms with Gasteiger partial charge in [0.15, 0.2) is 14.7 Å². The van der Waals surface area contributed by atoms with Crippen molar-refractivity contribution < 1.29 is 35.6 Å². The first-order chi connectivity index (χ1) is 17.2. The fraction of sp³-hybridized carbons (Fsp3) is 0.357. The van der Waals surface area contributed by atoms with Crippen molar-refractivity contribution in [1.82, 2.24) is 0 Å². The van der Waals surface area contributed by atoms with E-state index in [9.17, 15) is 13.2 Å². The lowest BCUT2D eigenvalue weighted by atomic mass is 10.2. The van der Waals surface area contributed by atoms with Crippen LogP contribution in [0.1, 0.15) is 47.1 Å². The fourth-order valence-corrected chi connectivity index (χ4v) is 5.30. The second kappa shape index (κ2) is 12.0. The summed E-state index contributed by atoms with van der Waals surface area (Å²) in [7, 11) is -6.04. The minimum Gasteiger partial charge on any atom is -0.488 e. The summed E-state index contributed by atoms with van der Waals surface area (Å²) in [6.07, 6.45) is 0. The maximum atomic E-state index is 10.7. The minimum absolute atomic E-state index is 0.199. The predicted octanol–water partition coefficient (Wildman–Crippen LogP) is 7.84. The molecule has 0 aromatic heterocycles. The Morgan fingerprint density at radius 2 is 1.05 bits per heavy atom. The van der Waals surface area contributed by atoms with Crippen molar-refractivity contribution >= 4 is 21.0 Å². The molecule has 0 amide bonds. The molecule has 0 aliphatic carbocycles. The molecule has 5 nitrogen and oxygen atoms in total. The Bertz CT molecular complexity index is 1230. The maximum Gasteiger partial charge on any atom is 0.522 e. The Balaban J connectivity index is 0.000000550. The van der Waals surface area contributed by atoms with Gasteiger partial charge in [0, 0.05) is 0 Å². The average Bonchev–Trinajstić information content (AvgIpc) is 2.73. The lowest BCUT2D eigenvalue weighted by Crippen LogP contribution is -2.23. The van der Waals surface area contributed by atoms with Gasteiger partial charge in [-0.15, -0.1) is 0 Å². The zero-order valence-electron chi connectivity index (χ0n) is 22.5. The number of rotatable bonds is 5. The minimum atomic E-state index is -5.84. The van der Waals surface area contributed by atoms with E-state index in [0.29, 0.717) is 0 Å². The van der Waals surface area contributed by atoms with Crippen LogP contribution in [0.2, 0.25) is 0 Å². The molecule has 0 saturated heterocycles. The molecule has 0 heterocycles. The first kappa shape index (κ1) is 31.5. The van der Waals surface area contributed by atoms with Crippen LogP contribution in [0.15, 0.2) is 87.5 Å². The number of hydrogen-bond acceptors (Lipinski definition) is 4. The van der Waals surface area contributed by atoms with E-state index in [4.69, 9.17) is 22.4 Å². The van der Waals surface area contributed by atoms with Gasteiger partial charge in [0.05, 0.1) is 10.9 Å². The van der Waals surface area contributed by atoms with Gasteiger partial charge in [0.1, 0.15) is 22.7 Å². The van der Waals surface area contributed by atoms with E-state index < -0.39 is 15.6 Å². The summed E-state index contributed by atoms with van der Waals surface area (Å²) in [5.74, 6) is 1.79. The van der Waals surface area contributed by atoms with Crippen LogP contribution in [0.5, 0.6) is 11.5 Å². The molecule has 208 valence electrons. The van der Waals surface area contributed by atoms with E-state index in [2.05, 4.69) is 121 Å². The number of halogens is 3. The largest absolute Gasteiger partial charge is 0.522 e. The molecule has 3 aromatic rings. The Morgan fingerprint density at radius 3 is 1.34 bits per heavy atom. The number of benzene rings is 3. The molecule has 0 unspecified atom stereocenters. The molecule has 0 atom stereocenters. The zero-order chi connectivity index (χ0) is 28.9. The Kier molecular flexibility index (Phi) is 9.96. The SMILES string of the molecule is Cc1cccc([S+](c2ccc(OC(C)(C)C)cc2)c2ccc(OC(C)(C)C)cc2)c1.O=S(=O)(O)C(F)(F)F. The molecule has 0 bridgehead atoms. The predicted molar refractivity (Wildman–Crippen MR) is 145 cm³/mol. The van der Waals surface area contributed by atoms with Gasteiger partial charge < -0.3 is 9.47 Å². The normalized spacial score (nSPS) is 12.5.